The Bertz CT molecular complexity index is 807. The van der Waals surface area contributed by atoms with Crippen molar-refractivity contribution < 1.29 is 19.1 Å². The van der Waals surface area contributed by atoms with Crippen LogP contribution in [0.25, 0.3) is 0 Å². The Labute approximate surface area is 151 Å². The van der Waals surface area contributed by atoms with Crippen molar-refractivity contribution in [2.75, 3.05) is 11.5 Å². The van der Waals surface area contributed by atoms with E-state index in [2.05, 4.69) is 10.4 Å². The number of imide groups is 1. The molecular formula is C14H10Cl2N4O5. The predicted molar refractivity (Wildman–Crippen MR) is 87.9 cm³/mol. The van der Waals surface area contributed by atoms with E-state index in [1.54, 1.807) is 6.92 Å². The molecule has 3 rings (SSSR count). The average molecular weight is 385 g/mol. The number of hydrazone groups is 1. The lowest BCUT2D eigenvalue weighted by atomic mass is 9.98. The van der Waals surface area contributed by atoms with E-state index in [0.29, 0.717) is 5.12 Å². The fourth-order valence-electron chi connectivity index (χ4n) is 2.76. The van der Waals surface area contributed by atoms with Crippen molar-refractivity contribution in [2.45, 2.75) is 13.0 Å². The van der Waals surface area contributed by atoms with Crippen LogP contribution in [0.1, 0.15) is 6.92 Å². The zero-order valence-corrected chi connectivity index (χ0v) is 14.2. The van der Waals surface area contributed by atoms with Gasteiger partial charge in [-0.25, -0.2) is 9.69 Å². The number of anilines is 1. The van der Waals surface area contributed by atoms with E-state index < -0.39 is 29.7 Å². The summed E-state index contributed by atoms with van der Waals surface area (Å²) in [6.45, 7) is 1.61. The topological polar surface area (TPSA) is 109 Å². The number of rotatable bonds is 4. The molecule has 2 aliphatic heterocycles. The van der Waals surface area contributed by atoms with Crippen LogP contribution in [0.15, 0.2) is 28.6 Å². The Morgan fingerprint density at radius 1 is 1.24 bits per heavy atom. The SMILES string of the molecule is CCOC(=O)C1=NN(N=O)[C@H]2C(=O)N(c3cc(Cl)cc(Cl)c3)C(=O)[C@H]12. The summed E-state index contributed by atoms with van der Waals surface area (Å²) >= 11 is 11.8. The van der Waals surface area contributed by atoms with Crippen LogP contribution in [-0.4, -0.2) is 41.3 Å². The Morgan fingerprint density at radius 2 is 1.88 bits per heavy atom. The maximum Gasteiger partial charge on any atom is 0.355 e. The minimum absolute atomic E-state index is 0.0412. The third-order valence-corrected chi connectivity index (χ3v) is 4.14. The quantitative estimate of drug-likeness (QED) is 0.444. The van der Waals surface area contributed by atoms with E-state index in [9.17, 15) is 19.3 Å². The minimum Gasteiger partial charge on any atom is -0.461 e. The van der Waals surface area contributed by atoms with Gasteiger partial charge in [-0.1, -0.05) is 23.2 Å². The van der Waals surface area contributed by atoms with Crippen LogP contribution in [0.5, 0.6) is 0 Å². The standard InChI is InChI=1S/C14H10Cl2N4O5/c1-2-25-14(23)10-9-11(20(17-10)18-24)13(22)19(12(9)21)8-4-6(15)3-7(16)5-8/h3-5,9,11H,2H2,1H3/t9-,11-/m1/s1. The highest BCUT2D eigenvalue weighted by molar-refractivity contribution is 6.46. The summed E-state index contributed by atoms with van der Waals surface area (Å²) in [5.41, 5.74) is -0.226. The molecule has 11 heteroatoms. The Hall–Kier alpha value is -2.52. The Morgan fingerprint density at radius 3 is 2.44 bits per heavy atom. The third-order valence-electron chi connectivity index (χ3n) is 3.70. The number of nitroso groups, excluding NO2 is 1. The Balaban J connectivity index is 2.03. The van der Waals surface area contributed by atoms with Crippen LogP contribution < -0.4 is 4.90 Å². The van der Waals surface area contributed by atoms with Gasteiger partial charge in [-0.3, -0.25) is 9.59 Å². The molecule has 1 fully saturated rings. The number of ether oxygens (including phenoxy) is 1. The van der Waals surface area contributed by atoms with Crippen molar-refractivity contribution in [3.8, 4) is 0 Å². The number of carbonyl (C=O) groups excluding carboxylic acids is 3. The average Bonchev–Trinajstić information content (AvgIpc) is 3.04. The van der Waals surface area contributed by atoms with E-state index in [4.69, 9.17) is 27.9 Å². The van der Waals surface area contributed by atoms with E-state index in [1.807, 2.05) is 0 Å². The van der Waals surface area contributed by atoms with Crippen LogP contribution in [0.3, 0.4) is 0 Å². The normalized spacial score (nSPS) is 22.1. The first-order chi connectivity index (χ1) is 11.9. The van der Waals surface area contributed by atoms with E-state index >= 15 is 0 Å². The van der Waals surface area contributed by atoms with Crippen molar-refractivity contribution in [1.29, 1.82) is 0 Å². The molecule has 0 radical (unpaired) electrons. The molecule has 130 valence electrons. The molecular weight excluding hydrogens is 375 g/mol. The summed E-state index contributed by atoms with van der Waals surface area (Å²) in [4.78, 5) is 49.2. The molecule has 25 heavy (non-hydrogen) atoms. The second-order valence-electron chi connectivity index (χ2n) is 5.17. The molecule has 2 atom stereocenters. The van der Waals surface area contributed by atoms with Crippen molar-refractivity contribution in [3.05, 3.63) is 33.2 Å². The minimum atomic E-state index is -1.35. The van der Waals surface area contributed by atoms with Gasteiger partial charge in [-0.05, 0) is 25.1 Å². The van der Waals surface area contributed by atoms with Gasteiger partial charge in [0.15, 0.2) is 11.8 Å². The molecule has 0 bridgehead atoms. The Kier molecular flexibility index (Phi) is 4.44. The van der Waals surface area contributed by atoms with Gasteiger partial charge in [-0.15, -0.1) is 15.1 Å². The van der Waals surface area contributed by atoms with E-state index in [1.165, 1.54) is 18.2 Å². The first kappa shape index (κ1) is 17.3. The van der Waals surface area contributed by atoms with Gasteiger partial charge in [0.2, 0.25) is 5.91 Å². The second-order valence-corrected chi connectivity index (χ2v) is 6.04. The maximum absolute atomic E-state index is 12.8. The fraction of sp³-hybridized carbons (Fsp3) is 0.286. The number of benzene rings is 1. The molecule has 1 aromatic rings. The zero-order valence-electron chi connectivity index (χ0n) is 12.7. The summed E-state index contributed by atoms with van der Waals surface area (Å²) in [5.74, 6) is -3.69. The molecule has 0 spiro atoms. The van der Waals surface area contributed by atoms with Crippen LogP contribution in [0, 0.1) is 10.8 Å². The summed E-state index contributed by atoms with van der Waals surface area (Å²) in [7, 11) is 0. The summed E-state index contributed by atoms with van der Waals surface area (Å²) < 4.78 is 4.83. The second kappa shape index (κ2) is 6.41. The van der Waals surface area contributed by atoms with Gasteiger partial charge < -0.3 is 4.74 Å². The van der Waals surface area contributed by atoms with Gasteiger partial charge >= 0.3 is 5.97 Å². The molecule has 2 amide bonds. The molecule has 0 unspecified atom stereocenters. The van der Waals surface area contributed by atoms with Crippen LogP contribution >= 0.6 is 23.2 Å². The van der Waals surface area contributed by atoms with Gasteiger partial charge in [0.05, 0.1) is 17.6 Å². The molecule has 0 N–H and O–H groups in total. The number of hydrogen-bond donors (Lipinski definition) is 0. The molecule has 1 saturated heterocycles. The van der Waals surface area contributed by atoms with Crippen LogP contribution in [0.4, 0.5) is 5.69 Å². The molecule has 1 aromatic carbocycles. The smallest absolute Gasteiger partial charge is 0.355 e. The summed E-state index contributed by atoms with van der Waals surface area (Å²) in [6.07, 6.45) is 0. The number of amides is 2. The predicted octanol–water partition coefficient (Wildman–Crippen LogP) is 1.77. The number of halogens is 2. The van der Waals surface area contributed by atoms with Crippen molar-refractivity contribution >= 4 is 52.4 Å². The zero-order chi connectivity index (χ0) is 18.3. The summed E-state index contributed by atoms with van der Waals surface area (Å²) in [5, 5.41) is 7.19. The molecule has 2 aliphatic rings. The lowest BCUT2D eigenvalue weighted by Crippen LogP contribution is -2.36. The number of hydrogen-bond acceptors (Lipinski definition) is 7. The monoisotopic (exact) mass is 384 g/mol. The van der Waals surface area contributed by atoms with Crippen LogP contribution in [-0.2, 0) is 19.1 Å². The number of esters is 1. The molecule has 0 aliphatic carbocycles. The van der Waals surface area contributed by atoms with Crippen molar-refractivity contribution in [2.24, 2.45) is 16.3 Å². The van der Waals surface area contributed by atoms with E-state index in [0.717, 1.165) is 4.90 Å². The molecule has 9 nitrogen and oxygen atoms in total. The first-order valence-corrected chi connectivity index (χ1v) is 7.86. The third kappa shape index (κ3) is 2.75. The maximum atomic E-state index is 12.8. The first-order valence-electron chi connectivity index (χ1n) is 7.11. The molecule has 0 aromatic heterocycles. The van der Waals surface area contributed by atoms with Gasteiger partial charge in [0, 0.05) is 10.0 Å². The highest BCUT2D eigenvalue weighted by atomic mass is 35.5. The highest BCUT2D eigenvalue weighted by Crippen LogP contribution is 2.37. The fourth-order valence-corrected chi connectivity index (χ4v) is 3.27. The van der Waals surface area contributed by atoms with Crippen molar-refractivity contribution in [3.63, 3.8) is 0 Å². The number of nitrogens with zero attached hydrogens (tertiary/aromatic N) is 4. The summed E-state index contributed by atoms with van der Waals surface area (Å²) in [6, 6.07) is 2.82. The van der Waals surface area contributed by atoms with E-state index in [-0.39, 0.29) is 28.1 Å². The molecule has 2 heterocycles. The largest absolute Gasteiger partial charge is 0.461 e. The van der Waals surface area contributed by atoms with Crippen LogP contribution in [0.2, 0.25) is 10.0 Å². The van der Waals surface area contributed by atoms with Gasteiger partial charge in [-0.2, -0.15) is 0 Å². The number of carbonyl (C=O) groups is 3. The lowest BCUT2D eigenvalue weighted by molar-refractivity contribution is -0.136. The lowest BCUT2D eigenvalue weighted by Gasteiger charge is -2.17. The van der Waals surface area contributed by atoms with Gasteiger partial charge in [0.25, 0.3) is 5.91 Å². The molecule has 0 saturated carbocycles. The van der Waals surface area contributed by atoms with Gasteiger partial charge in [0.1, 0.15) is 5.92 Å². The highest BCUT2D eigenvalue weighted by Gasteiger charge is 2.59. The van der Waals surface area contributed by atoms with Crippen molar-refractivity contribution in [1.82, 2.24) is 5.12 Å². The number of fused-ring (bicyclic) bond motifs is 1.